The minimum Gasteiger partial charge on any atom is -0.339 e. The summed E-state index contributed by atoms with van der Waals surface area (Å²) in [6, 6.07) is -0.0424. The summed E-state index contributed by atoms with van der Waals surface area (Å²) in [6.45, 7) is 4.80. The van der Waals surface area contributed by atoms with Gasteiger partial charge < -0.3 is 9.42 Å². The molecule has 0 spiro atoms. The smallest absolute Gasteiger partial charge is 0.229 e. The molecule has 1 atom stereocenters. The second kappa shape index (κ2) is 6.56. The molecule has 0 bridgehead atoms. The zero-order chi connectivity index (χ0) is 15.5. The van der Waals surface area contributed by atoms with Crippen molar-refractivity contribution < 1.29 is 9.32 Å². The first-order valence-electron chi connectivity index (χ1n) is 7.65. The largest absolute Gasteiger partial charge is 0.339 e. The van der Waals surface area contributed by atoms with Crippen molar-refractivity contribution in [1.29, 1.82) is 0 Å². The van der Waals surface area contributed by atoms with Crippen LogP contribution in [0.5, 0.6) is 0 Å². The number of thiazole rings is 1. The van der Waals surface area contributed by atoms with Crippen LogP contribution in [-0.4, -0.2) is 32.5 Å². The molecule has 1 amide bonds. The second-order valence-electron chi connectivity index (χ2n) is 5.87. The summed E-state index contributed by atoms with van der Waals surface area (Å²) in [4.78, 5) is 23.0. The third kappa shape index (κ3) is 3.19. The maximum Gasteiger partial charge on any atom is 0.229 e. The molecular weight excluding hydrogens is 300 g/mol. The second-order valence-corrected chi connectivity index (χ2v) is 6.59. The van der Waals surface area contributed by atoms with Crippen LogP contribution in [0.15, 0.2) is 15.4 Å². The third-order valence-corrected chi connectivity index (χ3v) is 4.54. The SMILES string of the molecule is CC(C)c1nc([C@H]2CCCN2C(=O)CCc2cscn2)no1. The molecule has 22 heavy (non-hydrogen) atoms. The minimum absolute atomic E-state index is 0.0424. The number of likely N-dealkylation sites (tertiary alicyclic amines) is 1. The lowest BCUT2D eigenvalue weighted by Gasteiger charge is -2.22. The van der Waals surface area contributed by atoms with Gasteiger partial charge in [0.05, 0.1) is 17.2 Å². The van der Waals surface area contributed by atoms with Crippen LogP contribution in [-0.2, 0) is 11.2 Å². The predicted molar refractivity (Wildman–Crippen MR) is 82.5 cm³/mol. The molecule has 0 aliphatic carbocycles. The van der Waals surface area contributed by atoms with Gasteiger partial charge in [0.1, 0.15) is 0 Å². The van der Waals surface area contributed by atoms with Crippen LogP contribution in [0.3, 0.4) is 0 Å². The first-order valence-corrected chi connectivity index (χ1v) is 8.59. The maximum absolute atomic E-state index is 12.5. The summed E-state index contributed by atoms with van der Waals surface area (Å²) in [5, 5.41) is 6.06. The van der Waals surface area contributed by atoms with E-state index in [2.05, 4.69) is 15.1 Å². The highest BCUT2D eigenvalue weighted by Gasteiger charge is 2.33. The van der Waals surface area contributed by atoms with E-state index >= 15 is 0 Å². The van der Waals surface area contributed by atoms with Gasteiger partial charge in [0.25, 0.3) is 0 Å². The number of carbonyl (C=O) groups excluding carboxylic acids is 1. The fourth-order valence-electron chi connectivity index (χ4n) is 2.69. The average Bonchev–Trinajstić information content (AvgIpc) is 3.23. The first-order chi connectivity index (χ1) is 10.6. The number of hydrogen-bond donors (Lipinski definition) is 0. The van der Waals surface area contributed by atoms with Gasteiger partial charge in [-0.15, -0.1) is 11.3 Å². The molecule has 1 aliphatic heterocycles. The summed E-state index contributed by atoms with van der Waals surface area (Å²) in [7, 11) is 0. The van der Waals surface area contributed by atoms with Crippen molar-refractivity contribution in [1.82, 2.24) is 20.0 Å². The number of rotatable bonds is 5. The van der Waals surface area contributed by atoms with Gasteiger partial charge in [0, 0.05) is 24.3 Å². The van der Waals surface area contributed by atoms with Gasteiger partial charge in [-0.2, -0.15) is 4.98 Å². The standard InChI is InChI=1S/C15H20N4O2S/c1-10(2)15-17-14(18-21-15)12-4-3-7-19(12)13(20)6-5-11-8-22-9-16-11/h8-10,12H,3-7H2,1-2H3/t12-/m1/s1. The minimum atomic E-state index is -0.0424. The van der Waals surface area contributed by atoms with Crippen LogP contribution in [0.4, 0.5) is 0 Å². The lowest BCUT2D eigenvalue weighted by atomic mass is 10.2. The Morgan fingerprint density at radius 3 is 3.09 bits per heavy atom. The predicted octanol–water partition coefficient (Wildman–Crippen LogP) is 2.95. The Morgan fingerprint density at radius 2 is 2.41 bits per heavy atom. The molecule has 3 heterocycles. The molecule has 0 radical (unpaired) electrons. The number of aromatic nitrogens is 3. The van der Waals surface area contributed by atoms with Crippen LogP contribution in [0.2, 0.25) is 0 Å². The van der Waals surface area contributed by atoms with Crippen LogP contribution < -0.4 is 0 Å². The van der Waals surface area contributed by atoms with Crippen molar-refractivity contribution in [2.24, 2.45) is 0 Å². The first kappa shape index (κ1) is 15.1. The van der Waals surface area contributed by atoms with E-state index in [1.165, 1.54) is 0 Å². The van der Waals surface area contributed by atoms with Gasteiger partial charge in [-0.25, -0.2) is 4.98 Å². The maximum atomic E-state index is 12.5. The van der Waals surface area contributed by atoms with E-state index in [9.17, 15) is 4.79 Å². The van der Waals surface area contributed by atoms with E-state index in [1.807, 2.05) is 24.1 Å². The lowest BCUT2D eigenvalue weighted by molar-refractivity contribution is -0.132. The van der Waals surface area contributed by atoms with Crippen LogP contribution in [0.25, 0.3) is 0 Å². The van der Waals surface area contributed by atoms with Crippen molar-refractivity contribution >= 4 is 17.2 Å². The van der Waals surface area contributed by atoms with E-state index in [4.69, 9.17) is 4.52 Å². The molecule has 2 aromatic rings. The van der Waals surface area contributed by atoms with Gasteiger partial charge in [0.15, 0.2) is 5.82 Å². The van der Waals surface area contributed by atoms with Crippen molar-refractivity contribution in [3.8, 4) is 0 Å². The van der Waals surface area contributed by atoms with Gasteiger partial charge in [-0.1, -0.05) is 19.0 Å². The molecule has 2 aromatic heterocycles. The Labute approximate surface area is 133 Å². The Kier molecular flexibility index (Phi) is 4.52. The monoisotopic (exact) mass is 320 g/mol. The Bertz CT molecular complexity index is 623. The van der Waals surface area contributed by atoms with Crippen molar-refractivity contribution in [2.45, 2.75) is 51.5 Å². The highest BCUT2D eigenvalue weighted by atomic mass is 32.1. The highest BCUT2D eigenvalue weighted by Crippen LogP contribution is 2.31. The molecule has 0 N–H and O–H groups in total. The molecule has 0 saturated carbocycles. The van der Waals surface area contributed by atoms with Crippen LogP contribution >= 0.6 is 11.3 Å². The number of carbonyl (C=O) groups is 1. The van der Waals surface area contributed by atoms with Crippen molar-refractivity contribution in [3.05, 3.63) is 28.3 Å². The van der Waals surface area contributed by atoms with Crippen molar-refractivity contribution in [3.63, 3.8) is 0 Å². The van der Waals surface area contributed by atoms with E-state index in [0.717, 1.165) is 25.1 Å². The molecule has 7 heteroatoms. The summed E-state index contributed by atoms with van der Waals surface area (Å²) in [5.41, 5.74) is 2.78. The summed E-state index contributed by atoms with van der Waals surface area (Å²) >= 11 is 1.56. The fourth-order valence-corrected chi connectivity index (χ4v) is 3.28. The molecule has 1 aliphatic rings. The number of aryl methyl sites for hydroxylation is 1. The number of hydrogen-bond acceptors (Lipinski definition) is 6. The average molecular weight is 320 g/mol. The quantitative estimate of drug-likeness (QED) is 0.847. The molecule has 0 aromatic carbocycles. The molecule has 118 valence electrons. The molecule has 3 rings (SSSR count). The van der Waals surface area contributed by atoms with Gasteiger partial charge in [0.2, 0.25) is 11.8 Å². The number of amides is 1. The summed E-state index contributed by atoms with van der Waals surface area (Å²) in [6.07, 6.45) is 3.06. The van der Waals surface area contributed by atoms with Crippen LogP contribution in [0, 0.1) is 0 Å². The normalized spacial score (nSPS) is 18.3. The summed E-state index contributed by atoms with van der Waals surface area (Å²) < 4.78 is 5.28. The Hall–Kier alpha value is -1.76. The van der Waals surface area contributed by atoms with E-state index < -0.39 is 0 Å². The molecular formula is C15H20N4O2S. The molecule has 1 fully saturated rings. The van der Waals surface area contributed by atoms with E-state index in [1.54, 1.807) is 16.8 Å². The zero-order valence-electron chi connectivity index (χ0n) is 12.9. The molecule has 1 saturated heterocycles. The van der Waals surface area contributed by atoms with Crippen molar-refractivity contribution in [2.75, 3.05) is 6.54 Å². The number of nitrogens with zero attached hydrogens (tertiary/aromatic N) is 4. The lowest BCUT2D eigenvalue weighted by Crippen LogP contribution is -2.31. The Morgan fingerprint density at radius 1 is 1.55 bits per heavy atom. The van der Waals surface area contributed by atoms with Gasteiger partial charge in [-0.3, -0.25) is 4.79 Å². The third-order valence-electron chi connectivity index (χ3n) is 3.90. The fraction of sp³-hybridized carbons (Fsp3) is 0.600. The van der Waals surface area contributed by atoms with E-state index in [0.29, 0.717) is 24.6 Å². The molecule has 6 nitrogen and oxygen atoms in total. The highest BCUT2D eigenvalue weighted by molar-refractivity contribution is 7.07. The molecule has 0 unspecified atom stereocenters. The topological polar surface area (TPSA) is 72.1 Å². The van der Waals surface area contributed by atoms with Crippen LogP contribution in [0.1, 0.15) is 62.5 Å². The Balaban J connectivity index is 1.65. The zero-order valence-corrected chi connectivity index (χ0v) is 13.7. The summed E-state index contributed by atoms with van der Waals surface area (Å²) in [5.74, 6) is 1.63. The van der Waals surface area contributed by atoms with Gasteiger partial charge >= 0.3 is 0 Å². The van der Waals surface area contributed by atoms with E-state index in [-0.39, 0.29) is 17.9 Å². The van der Waals surface area contributed by atoms with Gasteiger partial charge in [-0.05, 0) is 19.3 Å².